The lowest BCUT2D eigenvalue weighted by molar-refractivity contribution is -0.122. The third kappa shape index (κ3) is 7.37. The molecule has 1 N–H and O–H groups in total. The minimum absolute atomic E-state index is 0. The van der Waals surface area contributed by atoms with E-state index < -0.39 is 6.04 Å². The summed E-state index contributed by atoms with van der Waals surface area (Å²) in [5, 5.41) is 11.5. The second-order valence-electron chi connectivity index (χ2n) is 7.53. The van der Waals surface area contributed by atoms with Crippen molar-refractivity contribution < 1.29 is 14.0 Å². The molecule has 0 bridgehead atoms. The van der Waals surface area contributed by atoms with Gasteiger partial charge in [-0.05, 0) is 45.2 Å². The minimum atomic E-state index is -0.534. The van der Waals surface area contributed by atoms with Crippen molar-refractivity contribution in [1.29, 1.82) is 0 Å². The van der Waals surface area contributed by atoms with E-state index in [1.165, 1.54) is 18.2 Å². The largest absolute Gasteiger partial charge is 0.408 e. The van der Waals surface area contributed by atoms with Crippen LogP contribution in [0.2, 0.25) is 0 Å². The maximum Gasteiger partial charge on any atom is 0.286 e. The van der Waals surface area contributed by atoms with E-state index in [-0.39, 0.29) is 36.0 Å². The molecule has 2 rings (SSSR count). The van der Waals surface area contributed by atoms with Crippen LogP contribution < -0.4 is 5.32 Å². The molecule has 9 heteroatoms. The predicted molar refractivity (Wildman–Crippen MR) is 113 cm³/mol. The molecule has 160 valence electrons. The molecule has 0 spiro atoms. The summed E-state index contributed by atoms with van der Waals surface area (Å²) >= 11 is 1.45. The summed E-state index contributed by atoms with van der Waals surface area (Å²) in [6, 6.07) is -0.407. The Labute approximate surface area is 178 Å². The lowest BCUT2D eigenvalue weighted by Gasteiger charge is -2.36. The summed E-state index contributed by atoms with van der Waals surface area (Å²) in [5.41, 5.74) is 0. The summed E-state index contributed by atoms with van der Waals surface area (Å²) in [4.78, 5) is 26.7. The zero-order chi connectivity index (χ0) is 19.6. The average Bonchev–Trinajstić information content (AvgIpc) is 3.14. The highest BCUT2D eigenvalue weighted by molar-refractivity contribution is 7.99. The molecule has 1 fully saturated rings. The number of halogens is 1. The number of aromatic nitrogens is 2. The van der Waals surface area contributed by atoms with Crippen LogP contribution in [0.3, 0.4) is 0 Å². The predicted octanol–water partition coefficient (Wildman–Crippen LogP) is 3.58. The number of nitrogens with zero attached hydrogens (tertiary/aromatic N) is 3. The molecule has 28 heavy (non-hydrogen) atoms. The third-order valence-electron chi connectivity index (χ3n) is 4.89. The van der Waals surface area contributed by atoms with Gasteiger partial charge in [0.1, 0.15) is 6.04 Å². The van der Waals surface area contributed by atoms with Crippen LogP contribution in [0.4, 0.5) is 0 Å². The standard InChI is InChI=1S/C19H32N4O3S.ClH/c1-14(2)12-16(23(13-24)15-8-5-4-6-9-15)17(25)18-21-22-19(26-18)27-11-7-10-20-3;/h13-16,20H,4-12H2,1-3H3;1H/t16-;/m0./s1. The molecule has 0 saturated heterocycles. The topological polar surface area (TPSA) is 88.3 Å². The SMILES string of the molecule is CNCCCSc1nnc(C(=O)[C@H](CC(C)C)N(C=O)C2CCCCC2)o1.Cl. The van der Waals surface area contributed by atoms with E-state index in [2.05, 4.69) is 29.4 Å². The van der Waals surface area contributed by atoms with Gasteiger partial charge in [-0.1, -0.05) is 44.9 Å². The highest BCUT2D eigenvalue weighted by Gasteiger charge is 2.35. The molecule has 0 aliphatic heterocycles. The molecule has 1 amide bonds. The van der Waals surface area contributed by atoms with E-state index in [4.69, 9.17) is 4.42 Å². The molecular weight excluding hydrogens is 400 g/mol. The van der Waals surface area contributed by atoms with Gasteiger partial charge >= 0.3 is 0 Å². The number of thioether (sulfide) groups is 1. The van der Waals surface area contributed by atoms with Crippen molar-refractivity contribution in [3.63, 3.8) is 0 Å². The van der Waals surface area contributed by atoms with E-state index >= 15 is 0 Å². The van der Waals surface area contributed by atoms with Gasteiger partial charge in [-0.15, -0.1) is 22.6 Å². The number of nitrogens with one attached hydrogen (secondary N) is 1. The maximum absolute atomic E-state index is 13.1. The van der Waals surface area contributed by atoms with Crippen molar-refractivity contribution >= 4 is 36.4 Å². The Balaban J connectivity index is 0.00000392. The Kier molecular flexibility index (Phi) is 11.7. The molecule has 0 unspecified atom stereocenters. The van der Waals surface area contributed by atoms with Gasteiger partial charge in [0.15, 0.2) is 0 Å². The first-order valence-corrected chi connectivity index (χ1v) is 10.9. The van der Waals surface area contributed by atoms with Gasteiger partial charge in [-0.3, -0.25) is 9.59 Å². The first-order valence-electron chi connectivity index (χ1n) is 9.94. The molecule has 0 aromatic carbocycles. The number of rotatable bonds is 12. The third-order valence-corrected chi connectivity index (χ3v) is 5.79. The molecule has 1 aromatic rings. The number of Topliss-reactive ketones (excluding diaryl/α,β-unsaturated/α-hetero) is 1. The van der Waals surface area contributed by atoms with E-state index in [0.29, 0.717) is 11.6 Å². The Morgan fingerprint density at radius 3 is 2.64 bits per heavy atom. The number of amides is 1. The van der Waals surface area contributed by atoms with Crippen LogP contribution >= 0.6 is 24.2 Å². The van der Waals surface area contributed by atoms with Crippen molar-refractivity contribution in [3.05, 3.63) is 5.89 Å². The second kappa shape index (κ2) is 13.2. The number of hydrogen-bond donors (Lipinski definition) is 1. The van der Waals surface area contributed by atoms with Crippen molar-refractivity contribution in [3.8, 4) is 0 Å². The fraction of sp³-hybridized carbons (Fsp3) is 0.789. The number of hydrogen-bond acceptors (Lipinski definition) is 7. The number of carbonyl (C=O) groups is 2. The van der Waals surface area contributed by atoms with Crippen molar-refractivity contribution in [2.24, 2.45) is 5.92 Å². The minimum Gasteiger partial charge on any atom is -0.408 e. The van der Waals surface area contributed by atoms with Gasteiger partial charge in [-0.25, -0.2) is 0 Å². The summed E-state index contributed by atoms with van der Waals surface area (Å²) in [6.45, 7) is 5.03. The van der Waals surface area contributed by atoms with Gasteiger partial charge in [0.05, 0.1) is 0 Å². The van der Waals surface area contributed by atoms with Crippen molar-refractivity contribution in [1.82, 2.24) is 20.4 Å². The highest BCUT2D eigenvalue weighted by Crippen LogP contribution is 2.27. The zero-order valence-corrected chi connectivity index (χ0v) is 18.7. The van der Waals surface area contributed by atoms with Gasteiger partial charge in [0, 0.05) is 11.8 Å². The second-order valence-corrected chi connectivity index (χ2v) is 8.58. The van der Waals surface area contributed by atoms with E-state index in [1.807, 2.05) is 7.05 Å². The van der Waals surface area contributed by atoms with Crippen LogP contribution in [0.25, 0.3) is 0 Å². The fourth-order valence-electron chi connectivity index (χ4n) is 3.52. The van der Waals surface area contributed by atoms with E-state index in [0.717, 1.165) is 50.8 Å². The summed E-state index contributed by atoms with van der Waals surface area (Å²) < 4.78 is 5.60. The molecule has 1 aromatic heterocycles. The summed E-state index contributed by atoms with van der Waals surface area (Å²) in [5.74, 6) is 0.896. The molecule has 1 atom stereocenters. The number of ketones is 1. The van der Waals surface area contributed by atoms with Gasteiger partial charge < -0.3 is 14.6 Å². The Bertz CT molecular complexity index is 593. The quantitative estimate of drug-likeness (QED) is 0.233. The van der Waals surface area contributed by atoms with Crippen LogP contribution in [0, 0.1) is 5.92 Å². The van der Waals surface area contributed by atoms with Crippen LogP contribution in [0.15, 0.2) is 9.64 Å². The molecule has 1 heterocycles. The Hall–Kier alpha value is -1.12. The molecule has 1 aliphatic carbocycles. The first-order chi connectivity index (χ1) is 13.1. The monoisotopic (exact) mass is 432 g/mol. The van der Waals surface area contributed by atoms with Crippen LogP contribution in [-0.2, 0) is 4.79 Å². The highest BCUT2D eigenvalue weighted by atomic mass is 35.5. The molecular formula is C19H33ClN4O3S. The van der Waals surface area contributed by atoms with Crippen molar-refractivity contribution in [2.75, 3.05) is 19.3 Å². The lowest BCUT2D eigenvalue weighted by Crippen LogP contribution is -2.48. The van der Waals surface area contributed by atoms with Crippen LogP contribution in [0.5, 0.6) is 0 Å². The molecule has 7 nitrogen and oxygen atoms in total. The zero-order valence-electron chi connectivity index (χ0n) is 17.1. The van der Waals surface area contributed by atoms with Gasteiger partial charge in [-0.2, -0.15) is 0 Å². The van der Waals surface area contributed by atoms with E-state index in [1.54, 1.807) is 4.90 Å². The lowest BCUT2D eigenvalue weighted by atomic mass is 9.91. The van der Waals surface area contributed by atoms with Crippen LogP contribution in [0.1, 0.15) is 69.5 Å². The molecule has 1 aliphatic rings. The normalized spacial score (nSPS) is 15.9. The Morgan fingerprint density at radius 1 is 1.32 bits per heavy atom. The van der Waals surface area contributed by atoms with Gasteiger partial charge in [0.2, 0.25) is 12.2 Å². The first kappa shape index (κ1) is 24.9. The van der Waals surface area contributed by atoms with Gasteiger partial charge in [0.25, 0.3) is 11.1 Å². The van der Waals surface area contributed by atoms with Crippen molar-refractivity contribution in [2.45, 2.75) is 76.1 Å². The molecule has 0 radical (unpaired) electrons. The van der Waals surface area contributed by atoms with E-state index in [9.17, 15) is 9.59 Å². The summed E-state index contributed by atoms with van der Waals surface area (Å²) in [6.07, 6.45) is 7.73. The van der Waals surface area contributed by atoms with Crippen LogP contribution in [-0.4, -0.2) is 58.7 Å². The summed E-state index contributed by atoms with van der Waals surface area (Å²) in [7, 11) is 1.91. The Morgan fingerprint density at radius 2 is 2.04 bits per heavy atom. The fourth-order valence-corrected chi connectivity index (χ4v) is 4.22. The number of carbonyl (C=O) groups excluding carboxylic acids is 2. The average molecular weight is 433 g/mol. The molecule has 1 saturated carbocycles. The smallest absolute Gasteiger partial charge is 0.286 e. The maximum atomic E-state index is 13.1.